The zero-order valence-corrected chi connectivity index (χ0v) is 12.8. The Morgan fingerprint density at radius 2 is 1.73 bits per heavy atom. The van der Waals surface area contributed by atoms with E-state index in [-0.39, 0.29) is 12.0 Å². The average molecular weight is 331 g/mol. The molecule has 4 saturated carbocycles. The van der Waals surface area contributed by atoms with Gasteiger partial charge < -0.3 is 4.74 Å². The van der Waals surface area contributed by atoms with Gasteiger partial charge in [-0.3, -0.25) is 4.55 Å². The van der Waals surface area contributed by atoms with Crippen molar-refractivity contribution >= 4 is 16.1 Å². The van der Waals surface area contributed by atoms with Crippen molar-refractivity contribution < 1.29 is 26.9 Å². The second-order valence-electron chi connectivity index (χ2n) is 7.18. The third-order valence-corrected chi connectivity index (χ3v) is 6.41. The largest absolute Gasteiger partial charge is 0.461 e. The minimum Gasteiger partial charge on any atom is -0.461 e. The van der Waals surface area contributed by atoms with Crippen molar-refractivity contribution in [1.82, 2.24) is 0 Å². The van der Waals surface area contributed by atoms with Gasteiger partial charge in [0.1, 0.15) is 6.07 Å². The Balaban J connectivity index is 1.71. The molecule has 6 nitrogen and oxygen atoms in total. The van der Waals surface area contributed by atoms with E-state index in [1.54, 1.807) is 0 Å². The summed E-state index contributed by atoms with van der Waals surface area (Å²) in [5, 5.41) is 4.54. The third-order valence-electron chi connectivity index (χ3n) is 5.44. The van der Waals surface area contributed by atoms with Crippen LogP contribution in [0.15, 0.2) is 0 Å². The molecule has 1 N–H and O–H groups in total. The summed E-state index contributed by atoms with van der Waals surface area (Å²) < 4.78 is 49.3. The molecule has 0 saturated heterocycles. The molecule has 4 aliphatic rings. The van der Waals surface area contributed by atoms with Gasteiger partial charge in [0.2, 0.25) is 0 Å². The van der Waals surface area contributed by atoms with Crippen LogP contribution >= 0.6 is 0 Å². The summed E-state index contributed by atoms with van der Waals surface area (Å²) in [5.74, 6) is -0.0545. The summed E-state index contributed by atoms with van der Waals surface area (Å²) in [7, 11) is -5.49. The van der Waals surface area contributed by atoms with Crippen molar-refractivity contribution in [1.29, 1.82) is 5.26 Å². The number of halogens is 1. The van der Waals surface area contributed by atoms with Crippen LogP contribution in [0.4, 0.5) is 4.39 Å². The number of nitrogens with zero attached hydrogens (tertiary/aromatic N) is 1. The Morgan fingerprint density at radius 1 is 1.27 bits per heavy atom. The second-order valence-corrected chi connectivity index (χ2v) is 8.69. The molecule has 0 spiro atoms. The lowest BCUT2D eigenvalue weighted by Gasteiger charge is -2.56. The van der Waals surface area contributed by atoms with Crippen LogP contribution < -0.4 is 0 Å². The van der Waals surface area contributed by atoms with E-state index in [1.807, 2.05) is 0 Å². The number of ether oxygens (including phenoxy) is 1. The maximum absolute atomic E-state index is 13.9. The van der Waals surface area contributed by atoms with Gasteiger partial charge in [0.05, 0.1) is 6.61 Å². The number of rotatable bonds is 4. The van der Waals surface area contributed by atoms with Crippen molar-refractivity contribution in [2.45, 2.75) is 43.5 Å². The van der Waals surface area contributed by atoms with E-state index in [0.717, 1.165) is 19.3 Å². The molecule has 0 aromatic rings. The molecule has 4 aliphatic carbocycles. The van der Waals surface area contributed by atoms with Crippen molar-refractivity contribution in [3.63, 3.8) is 0 Å². The zero-order valence-electron chi connectivity index (χ0n) is 12.0. The van der Waals surface area contributed by atoms with Crippen LogP contribution in [-0.4, -0.2) is 30.5 Å². The molecule has 0 aromatic heterocycles. The van der Waals surface area contributed by atoms with E-state index in [1.165, 1.54) is 19.3 Å². The van der Waals surface area contributed by atoms with Gasteiger partial charge in [0.25, 0.3) is 0 Å². The van der Waals surface area contributed by atoms with Crippen LogP contribution in [-0.2, 0) is 19.6 Å². The summed E-state index contributed by atoms with van der Waals surface area (Å²) in [6.45, 7) is -0.0851. The van der Waals surface area contributed by atoms with Crippen LogP contribution in [0.3, 0.4) is 0 Å². The fourth-order valence-electron chi connectivity index (χ4n) is 4.99. The molecule has 1 unspecified atom stereocenters. The highest BCUT2D eigenvalue weighted by Crippen LogP contribution is 2.60. The summed E-state index contributed by atoms with van der Waals surface area (Å²) in [6, 6.07) is 0.698. The fourth-order valence-corrected chi connectivity index (χ4v) is 5.37. The number of carbonyl (C=O) groups is 1. The summed E-state index contributed by atoms with van der Waals surface area (Å²) in [4.78, 5) is 11.7. The Hall–Kier alpha value is -1.20. The maximum Gasteiger partial charge on any atom is 0.413 e. The van der Waals surface area contributed by atoms with Crippen LogP contribution in [0.2, 0.25) is 0 Å². The van der Waals surface area contributed by atoms with Gasteiger partial charge in [-0.25, -0.2) is 4.79 Å². The number of alkyl halides is 1. The number of carbonyl (C=O) groups excluding carboxylic acids is 1. The third kappa shape index (κ3) is 2.40. The first-order valence-electron chi connectivity index (χ1n) is 7.42. The molecule has 122 valence electrons. The van der Waals surface area contributed by atoms with Gasteiger partial charge >= 0.3 is 21.1 Å². The van der Waals surface area contributed by atoms with Gasteiger partial charge in [0.15, 0.2) is 0 Å². The lowest BCUT2D eigenvalue weighted by atomic mass is 9.50. The van der Waals surface area contributed by atoms with Crippen LogP contribution in [0.5, 0.6) is 0 Å². The summed E-state index contributed by atoms with van der Waals surface area (Å²) in [6.07, 6.45) is 6.23. The monoisotopic (exact) mass is 331 g/mol. The minimum absolute atomic E-state index is 0.0851. The van der Waals surface area contributed by atoms with Crippen LogP contribution in [0.25, 0.3) is 0 Å². The Labute approximate surface area is 128 Å². The lowest BCUT2D eigenvalue weighted by Crippen LogP contribution is -2.50. The Morgan fingerprint density at radius 3 is 2.09 bits per heavy atom. The van der Waals surface area contributed by atoms with Crippen molar-refractivity contribution in [3.8, 4) is 6.07 Å². The van der Waals surface area contributed by atoms with Gasteiger partial charge in [-0.2, -0.15) is 18.1 Å². The molecule has 0 amide bonds. The topological polar surface area (TPSA) is 104 Å². The predicted octanol–water partition coefficient (Wildman–Crippen LogP) is 1.82. The first-order valence-corrected chi connectivity index (χ1v) is 8.86. The lowest BCUT2D eigenvalue weighted by molar-refractivity contribution is -0.161. The smallest absolute Gasteiger partial charge is 0.413 e. The van der Waals surface area contributed by atoms with E-state index in [9.17, 15) is 17.6 Å². The highest BCUT2D eigenvalue weighted by Gasteiger charge is 2.56. The predicted molar refractivity (Wildman–Crippen MR) is 72.6 cm³/mol. The molecule has 8 heteroatoms. The van der Waals surface area contributed by atoms with E-state index in [2.05, 4.69) is 0 Å². The summed E-state index contributed by atoms with van der Waals surface area (Å²) >= 11 is 0. The van der Waals surface area contributed by atoms with Crippen molar-refractivity contribution in [2.24, 2.45) is 23.2 Å². The molecule has 4 fully saturated rings. The van der Waals surface area contributed by atoms with Crippen LogP contribution in [0.1, 0.15) is 38.5 Å². The molecule has 0 radical (unpaired) electrons. The number of nitriles is 1. The molecular weight excluding hydrogens is 313 g/mol. The van der Waals surface area contributed by atoms with Gasteiger partial charge in [0, 0.05) is 5.41 Å². The molecule has 0 aliphatic heterocycles. The van der Waals surface area contributed by atoms with Crippen molar-refractivity contribution in [2.75, 3.05) is 6.61 Å². The van der Waals surface area contributed by atoms with Gasteiger partial charge in [-0.1, -0.05) is 0 Å². The first-order chi connectivity index (χ1) is 10.2. The van der Waals surface area contributed by atoms with E-state index in [4.69, 9.17) is 14.6 Å². The molecule has 1 atom stereocenters. The van der Waals surface area contributed by atoms with E-state index in [0.29, 0.717) is 23.8 Å². The average Bonchev–Trinajstić information content (AvgIpc) is 2.41. The summed E-state index contributed by atoms with van der Waals surface area (Å²) in [5.41, 5.74) is -0.222. The zero-order chi connectivity index (χ0) is 16.2. The number of hydrogen-bond donors (Lipinski definition) is 1. The number of hydrogen-bond acceptors (Lipinski definition) is 5. The molecule has 22 heavy (non-hydrogen) atoms. The fraction of sp³-hybridized carbons (Fsp3) is 0.857. The Kier molecular flexibility index (Phi) is 3.49. The second kappa shape index (κ2) is 4.90. The molecule has 4 bridgehead atoms. The quantitative estimate of drug-likeness (QED) is 0.622. The Bertz CT molecular complexity index is 605. The van der Waals surface area contributed by atoms with Gasteiger partial charge in [-0.05, 0) is 56.3 Å². The van der Waals surface area contributed by atoms with E-state index >= 15 is 0 Å². The highest BCUT2D eigenvalue weighted by molar-refractivity contribution is 7.88. The molecule has 0 heterocycles. The van der Waals surface area contributed by atoms with E-state index < -0.39 is 21.1 Å². The standard InChI is InChI=1S/C14H18FNO5S/c15-14(7-16,22(18,19)20)12(17)21-8-13-4-9-1-10(5-13)3-11(2-9)6-13/h9-11H,1-6,8H2,(H,18,19,20). The maximum atomic E-state index is 13.9. The van der Waals surface area contributed by atoms with Crippen LogP contribution in [0, 0.1) is 34.5 Å². The van der Waals surface area contributed by atoms with Crippen molar-refractivity contribution in [3.05, 3.63) is 0 Å². The number of esters is 1. The highest BCUT2D eigenvalue weighted by atomic mass is 32.2. The minimum atomic E-state index is -5.49. The van der Waals surface area contributed by atoms with Gasteiger partial charge in [-0.15, -0.1) is 0 Å². The normalized spacial score (nSPS) is 39.0. The molecular formula is C14H18FNO5S. The molecule has 4 rings (SSSR count). The SMILES string of the molecule is N#CC(F)(C(=O)OCC12CC3CC(CC(C3)C1)C2)S(=O)(=O)O. The first kappa shape index (κ1) is 15.7. The molecule has 0 aromatic carbocycles.